The van der Waals surface area contributed by atoms with Crippen LogP contribution in [0.2, 0.25) is 0 Å². The zero-order chi connectivity index (χ0) is 14.5. The Morgan fingerprint density at radius 3 is 2.85 bits per heavy atom. The predicted octanol–water partition coefficient (Wildman–Crippen LogP) is 2.31. The largest absolute Gasteiger partial charge is 0.507 e. The molecule has 0 aliphatic heterocycles. The van der Waals surface area contributed by atoms with Crippen LogP contribution in [0.15, 0.2) is 12.1 Å². The number of rotatable bonds is 1. The number of ether oxygens (including phenoxy) is 1. The van der Waals surface area contributed by atoms with Crippen molar-refractivity contribution in [2.45, 2.75) is 38.2 Å². The Morgan fingerprint density at radius 1 is 1.40 bits per heavy atom. The van der Waals surface area contributed by atoms with Gasteiger partial charge in [-0.05, 0) is 50.2 Å². The van der Waals surface area contributed by atoms with Crippen LogP contribution in [0, 0.1) is 11.8 Å². The third-order valence-electron chi connectivity index (χ3n) is 4.74. The van der Waals surface area contributed by atoms with Crippen molar-refractivity contribution in [1.82, 2.24) is 0 Å². The van der Waals surface area contributed by atoms with Gasteiger partial charge in [0.2, 0.25) is 0 Å². The standard InChI is InChI=1S/C16H20O4/c1-16(19)4-3-12-10(8-16)5-9-6-11(20-2)7-13(17)14(9)15(12)18/h6-7,10,12,17,19H,3-5,8H2,1-2H3/t10-,12-,16+/m0/s1. The van der Waals surface area contributed by atoms with Gasteiger partial charge in [-0.2, -0.15) is 0 Å². The highest BCUT2D eigenvalue weighted by atomic mass is 16.5. The van der Waals surface area contributed by atoms with E-state index in [4.69, 9.17) is 4.74 Å². The van der Waals surface area contributed by atoms with E-state index in [1.807, 2.05) is 13.0 Å². The van der Waals surface area contributed by atoms with Crippen molar-refractivity contribution in [3.8, 4) is 11.5 Å². The number of benzene rings is 1. The van der Waals surface area contributed by atoms with E-state index in [0.717, 1.165) is 5.56 Å². The fourth-order valence-electron chi connectivity index (χ4n) is 3.76. The third-order valence-corrected chi connectivity index (χ3v) is 4.74. The van der Waals surface area contributed by atoms with Gasteiger partial charge in [0.05, 0.1) is 18.3 Å². The minimum atomic E-state index is -0.681. The second-order valence-corrected chi connectivity index (χ2v) is 6.36. The summed E-state index contributed by atoms with van der Waals surface area (Å²) in [7, 11) is 1.54. The van der Waals surface area contributed by atoms with Crippen molar-refractivity contribution in [3.63, 3.8) is 0 Å². The lowest BCUT2D eigenvalue weighted by atomic mass is 9.64. The normalized spacial score (nSPS) is 32.5. The topological polar surface area (TPSA) is 66.8 Å². The molecule has 0 amide bonds. The molecule has 0 saturated heterocycles. The average molecular weight is 276 g/mol. The molecule has 0 radical (unpaired) electrons. The molecule has 1 fully saturated rings. The van der Waals surface area contributed by atoms with Crippen LogP contribution in [0.1, 0.15) is 42.1 Å². The molecule has 3 atom stereocenters. The van der Waals surface area contributed by atoms with E-state index in [1.165, 1.54) is 6.07 Å². The van der Waals surface area contributed by atoms with Gasteiger partial charge < -0.3 is 14.9 Å². The lowest BCUT2D eigenvalue weighted by molar-refractivity contribution is -0.0172. The van der Waals surface area contributed by atoms with Crippen LogP contribution in [0.25, 0.3) is 0 Å². The number of aliphatic hydroxyl groups is 1. The van der Waals surface area contributed by atoms with Crippen molar-refractivity contribution < 1.29 is 19.7 Å². The molecular formula is C16H20O4. The zero-order valence-electron chi connectivity index (χ0n) is 11.8. The number of fused-ring (bicyclic) bond motifs is 2. The van der Waals surface area contributed by atoms with Gasteiger partial charge in [0.15, 0.2) is 5.78 Å². The van der Waals surface area contributed by atoms with Gasteiger partial charge in [-0.3, -0.25) is 4.79 Å². The Bertz CT molecular complexity index is 562. The molecule has 3 rings (SSSR count). The number of aromatic hydroxyl groups is 1. The SMILES string of the molecule is COc1cc(O)c2c(c1)C[C@H]1C[C@](C)(O)CC[C@@H]1C2=O. The van der Waals surface area contributed by atoms with Gasteiger partial charge in [0.1, 0.15) is 11.5 Å². The second-order valence-electron chi connectivity index (χ2n) is 6.36. The first-order valence-corrected chi connectivity index (χ1v) is 7.08. The molecule has 0 bridgehead atoms. The summed E-state index contributed by atoms with van der Waals surface area (Å²) in [6, 6.07) is 3.32. The van der Waals surface area contributed by atoms with Gasteiger partial charge in [0.25, 0.3) is 0 Å². The maximum Gasteiger partial charge on any atom is 0.170 e. The lowest BCUT2D eigenvalue weighted by Gasteiger charge is -2.42. The molecule has 0 heterocycles. The van der Waals surface area contributed by atoms with Gasteiger partial charge >= 0.3 is 0 Å². The van der Waals surface area contributed by atoms with Crippen LogP contribution < -0.4 is 4.74 Å². The molecule has 4 nitrogen and oxygen atoms in total. The fourth-order valence-corrected chi connectivity index (χ4v) is 3.76. The molecule has 1 aromatic rings. The molecule has 2 aliphatic rings. The van der Waals surface area contributed by atoms with E-state index in [0.29, 0.717) is 37.0 Å². The summed E-state index contributed by atoms with van der Waals surface area (Å²) in [5.41, 5.74) is 0.610. The number of hydrogen-bond donors (Lipinski definition) is 2. The molecule has 20 heavy (non-hydrogen) atoms. The van der Waals surface area contributed by atoms with Crippen LogP contribution in [-0.2, 0) is 6.42 Å². The molecular weight excluding hydrogens is 256 g/mol. The number of ketones is 1. The van der Waals surface area contributed by atoms with E-state index >= 15 is 0 Å². The van der Waals surface area contributed by atoms with Gasteiger partial charge in [-0.15, -0.1) is 0 Å². The monoisotopic (exact) mass is 276 g/mol. The Morgan fingerprint density at radius 2 is 2.15 bits per heavy atom. The van der Waals surface area contributed by atoms with E-state index in [1.54, 1.807) is 7.11 Å². The number of hydrogen-bond acceptors (Lipinski definition) is 4. The summed E-state index contributed by atoms with van der Waals surface area (Å²) in [6.07, 6.45) is 2.70. The van der Waals surface area contributed by atoms with Gasteiger partial charge in [0, 0.05) is 12.0 Å². The third kappa shape index (κ3) is 2.08. The van der Waals surface area contributed by atoms with Crippen LogP contribution in [0.5, 0.6) is 11.5 Å². The van der Waals surface area contributed by atoms with Gasteiger partial charge in [-0.1, -0.05) is 0 Å². The van der Waals surface area contributed by atoms with Crippen LogP contribution in [0.3, 0.4) is 0 Å². The first kappa shape index (κ1) is 13.4. The smallest absolute Gasteiger partial charge is 0.170 e. The molecule has 2 N–H and O–H groups in total. The maximum atomic E-state index is 12.6. The first-order chi connectivity index (χ1) is 9.41. The van der Waals surface area contributed by atoms with Crippen molar-refractivity contribution in [1.29, 1.82) is 0 Å². The average Bonchev–Trinajstić information content (AvgIpc) is 2.36. The van der Waals surface area contributed by atoms with E-state index in [9.17, 15) is 15.0 Å². The molecule has 0 spiro atoms. The predicted molar refractivity (Wildman–Crippen MR) is 74.1 cm³/mol. The number of carbonyl (C=O) groups excluding carboxylic acids is 1. The van der Waals surface area contributed by atoms with Crippen molar-refractivity contribution >= 4 is 5.78 Å². The summed E-state index contributed by atoms with van der Waals surface area (Å²) in [5.74, 6) is 0.689. The molecule has 1 aromatic carbocycles. The van der Waals surface area contributed by atoms with E-state index in [2.05, 4.69) is 0 Å². The molecule has 4 heteroatoms. The minimum absolute atomic E-state index is 0.0140. The number of Topliss-reactive ketones (excluding diaryl/α,β-unsaturated/α-hetero) is 1. The Hall–Kier alpha value is -1.55. The number of phenolic OH excluding ortho intramolecular Hbond substituents is 1. The van der Waals surface area contributed by atoms with Crippen molar-refractivity contribution in [2.24, 2.45) is 11.8 Å². The Balaban J connectivity index is 2.02. The molecule has 0 aromatic heterocycles. The summed E-state index contributed by atoms with van der Waals surface area (Å²) in [4.78, 5) is 12.6. The summed E-state index contributed by atoms with van der Waals surface area (Å²) in [5, 5.41) is 20.3. The fraction of sp³-hybridized carbons (Fsp3) is 0.562. The minimum Gasteiger partial charge on any atom is -0.507 e. The number of carbonyl (C=O) groups is 1. The second kappa shape index (κ2) is 4.48. The molecule has 0 unspecified atom stereocenters. The highest BCUT2D eigenvalue weighted by molar-refractivity contribution is 6.03. The van der Waals surface area contributed by atoms with Crippen molar-refractivity contribution in [2.75, 3.05) is 7.11 Å². The summed E-state index contributed by atoms with van der Waals surface area (Å²) in [6.45, 7) is 1.84. The Kier molecular flexibility index (Phi) is 3.01. The first-order valence-electron chi connectivity index (χ1n) is 7.08. The maximum absolute atomic E-state index is 12.6. The number of phenols is 1. The van der Waals surface area contributed by atoms with Crippen LogP contribution in [0.4, 0.5) is 0 Å². The number of methoxy groups -OCH3 is 1. The van der Waals surface area contributed by atoms with E-state index in [-0.39, 0.29) is 23.4 Å². The molecule has 108 valence electrons. The quantitative estimate of drug-likeness (QED) is 0.826. The molecule has 2 aliphatic carbocycles. The molecule has 1 saturated carbocycles. The van der Waals surface area contributed by atoms with E-state index < -0.39 is 5.60 Å². The zero-order valence-corrected chi connectivity index (χ0v) is 11.8. The highest BCUT2D eigenvalue weighted by Crippen LogP contribution is 2.45. The van der Waals surface area contributed by atoms with Crippen LogP contribution >= 0.6 is 0 Å². The highest BCUT2D eigenvalue weighted by Gasteiger charge is 2.44. The summed E-state index contributed by atoms with van der Waals surface area (Å²) >= 11 is 0. The van der Waals surface area contributed by atoms with Crippen LogP contribution in [-0.4, -0.2) is 28.7 Å². The van der Waals surface area contributed by atoms with Gasteiger partial charge in [-0.25, -0.2) is 0 Å². The Labute approximate surface area is 118 Å². The summed E-state index contributed by atoms with van der Waals surface area (Å²) < 4.78 is 5.15. The lowest BCUT2D eigenvalue weighted by Crippen LogP contribution is -2.43. The van der Waals surface area contributed by atoms with Crippen molar-refractivity contribution in [3.05, 3.63) is 23.3 Å².